The zero-order valence-electron chi connectivity index (χ0n) is 13.1. The number of carbonyl (C=O) groups is 1. The van der Waals surface area contributed by atoms with Gasteiger partial charge in [-0.2, -0.15) is 5.10 Å². The zero-order valence-corrected chi connectivity index (χ0v) is 13.1. The lowest BCUT2D eigenvalue weighted by Crippen LogP contribution is -2.32. The van der Waals surface area contributed by atoms with Crippen molar-refractivity contribution >= 4 is 11.7 Å². The maximum Gasteiger partial charge on any atom is 0.319 e. The largest absolute Gasteiger partial charge is 0.454 e. The predicted octanol–water partition coefficient (Wildman–Crippen LogP) is 1.51. The quantitative estimate of drug-likeness (QED) is 0.887. The number of benzene rings is 1. The van der Waals surface area contributed by atoms with Crippen LogP contribution in [0.25, 0.3) is 0 Å². The molecule has 2 aliphatic heterocycles. The fourth-order valence-electron chi connectivity index (χ4n) is 2.83. The summed E-state index contributed by atoms with van der Waals surface area (Å²) >= 11 is 0. The van der Waals surface area contributed by atoms with Gasteiger partial charge in [0.15, 0.2) is 11.5 Å². The first-order valence-corrected chi connectivity index (χ1v) is 7.85. The third kappa shape index (κ3) is 3.00. The number of rotatable bonds is 4. The number of amides is 2. The highest BCUT2D eigenvalue weighted by Crippen LogP contribution is 2.34. The van der Waals surface area contributed by atoms with Crippen LogP contribution in [-0.2, 0) is 24.3 Å². The van der Waals surface area contributed by atoms with Gasteiger partial charge in [-0.15, -0.1) is 0 Å². The van der Waals surface area contributed by atoms with Crippen LogP contribution in [0.15, 0.2) is 24.4 Å². The molecule has 8 nitrogen and oxygen atoms in total. The molecular weight excluding hydrogens is 312 g/mol. The number of carbonyl (C=O) groups excluding carboxylic acids is 1. The van der Waals surface area contributed by atoms with E-state index in [1.54, 1.807) is 18.2 Å². The lowest BCUT2D eigenvalue weighted by molar-refractivity contribution is 0.109. The Kier molecular flexibility index (Phi) is 3.96. The Balaban J connectivity index is 1.28. The second-order valence-electron chi connectivity index (χ2n) is 5.59. The molecule has 2 aliphatic rings. The van der Waals surface area contributed by atoms with Gasteiger partial charge >= 0.3 is 6.03 Å². The van der Waals surface area contributed by atoms with Crippen molar-refractivity contribution in [3.05, 3.63) is 35.7 Å². The molecular formula is C16H18N4O4. The van der Waals surface area contributed by atoms with Crippen LogP contribution in [0.2, 0.25) is 0 Å². The Hall–Kier alpha value is -2.74. The number of hydrogen-bond acceptors (Lipinski definition) is 5. The molecule has 1 aromatic carbocycles. The Bertz CT molecular complexity index is 759. The Morgan fingerprint density at radius 1 is 1.29 bits per heavy atom. The molecule has 8 heteroatoms. The topological polar surface area (TPSA) is 86.6 Å². The molecule has 0 aliphatic carbocycles. The van der Waals surface area contributed by atoms with Gasteiger partial charge in [0.05, 0.1) is 26.0 Å². The fraction of sp³-hybridized carbons (Fsp3) is 0.375. The summed E-state index contributed by atoms with van der Waals surface area (Å²) < 4.78 is 17.9. The predicted molar refractivity (Wildman–Crippen MR) is 85.2 cm³/mol. The third-order valence-corrected chi connectivity index (χ3v) is 4.02. The van der Waals surface area contributed by atoms with Gasteiger partial charge in [0.25, 0.3) is 0 Å². The standard InChI is InChI=1S/C16H18N4O4/c21-16(19-12-1-2-14-15(7-12)24-10-23-14)17-4-5-20-13-3-6-22-9-11(13)8-18-20/h1-2,7-8H,3-6,9-10H2,(H2,17,19,21). The smallest absolute Gasteiger partial charge is 0.319 e. The summed E-state index contributed by atoms with van der Waals surface area (Å²) in [6.07, 6.45) is 2.69. The average molecular weight is 330 g/mol. The molecule has 0 saturated heterocycles. The van der Waals surface area contributed by atoms with Crippen LogP contribution >= 0.6 is 0 Å². The Morgan fingerprint density at radius 2 is 2.21 bits per heavy atom. The first-order valence-electron chi connectivity index (χ1n) is 7.85. The monoisotopic (exact) mass is 330 g/mol. The minimum atomic E-state index is -0.266. The van der Waals surface area contributed by atoms with Gasteiger partial charge in [-0.1, -0.05) is 0 Å². The molecule has 0 atom stereocenters. The summed E-state index contributed by atoms with van der Waals surface area (Å²) in [6, 6.07) is 5.02. The van der Waals surface area contributed by atoms with Crippen molar-refractivity contribution in [2.75, 3.05) is 25.3 Å². The summed E-state index contributed by atoms with van der Waals surface area (Å²) in [7, 11) is 0. The van der Waals surface area contributed by atoms with E-state index >= 15 is 0 Å². The van der Waals surface area contributed by atoms with E-state index in [9.17, 15) is 4.79 Å². The highest BCUT2D eigenvalue weighted by atomic mass is 16.7. The molecule has 0 fully saturated rings. The van der Waals surface area contributed by atoms with Gasteiger partial charge in [0, 0.05) is 36.0 Å². The number of urea groups is 1. The summed E-state index contributed by atoms with van der Waals surface area (Å²) in [6.45, 7) is 2.67. The van der Waals surface area contributed by atoms with E-state index in [2.05, 4.69) is 15.7 Å². The molecule has 126 valence electrons. The van der Waals surface area contributed by atoms with Crippen molar-refractivity contribution < 1.29 is 19.0 Å². The van der Waals surface area contributed by atoms with Crippen molar-refractivity contribution in [2.24, 2.45) is 0 Å². The number of hydrogen-bond donors (Lipinski definition) is 2. The number of aromatic nitrogens is 2. The van der Waals surface area contributed by atoms with Gasteiger partial charge < -0.3 is 24.8 Å². The molecule has 3 heterocycles. The first kappa shape index (κ1) is 14.8. The van der Waals surface area contributed by atoms with Crippen LogP contribution < -0.4 is 20.1 Å². The molecule has 0 radical (unpaired) electrons. The van der Waals surface area contributed by atoms with E-state index in [1.165, 1.54) is 5.69 Å². The number of fused-ring (bicyclic) bond motifs is 2. The summed E-state index contributed by atoms with van der Waals surface area (Å²) in [5.74, 6) is 1.33. The van der Waals surface area contributed by atoms with Crippen LogP contribution in [0.3, 0.4) is 0 Å². The molecule has 1 aromatic heterocycles. The second kappa shape index (κ2) is 6.40. The zero-order chi connectivity index (χ0) is 16.4. The van der Waals surface area contributed by atoms with E-state index in [1.807, 2.05) is 10.9 Å². The van der Waals surface area contributed by atoms with Crippen LogP contribution in [0, 0.1) is 0 Å². The molecule has 24 heavy (non-hydrogen) atoms. The average Bonchev–Trinajstić information content (AvgIpc) is 3.21. The van der Waals surface area contributed by atoms with Crippen molar-refractivity contribution in [1.29, 1.82) is 0 Å². The number of ether oxygens (including phenoxy) is 3. The fourth-order valence-corrected chi connectivity index (χ4v) is 2.83. The van der Waals surface area contributed by atoms with Crippen LogP contribution in [-0.4, -0.2) is 35.8 Å². The number of nitrogens with zero attached hydrogens (tertiary/aromatic N) is 2. The van der Waals surface area contributed by atoms with Gasteiger partial charge in [-0.3, -0.25) is 4.68 Å². The van der Waals surface area contributed by atoms with Crippen LogP contribution in [0.4, 0.5) is 10.5 Å². The maximum absolute atomic E-state index is 12.0. The normalized spacial score (nSPS) is 15.0. The van der Waals surface area contributed by atoms with E-state index in [0.717, 1.165) is 18.6 Å². The molecule has 2 aromatic rings. The second-order valence-corrected chi connectivity index (χ2v) is 5.59. The van der Waals surface area contributed by atoms with Crippen molar-refractivity contribution in [3.8, 4) is 11.5 Å². The maximum atomic E-state index is 12.0. The SMILES string of the molecule is O=C(NCCn1ncc2c1CCOC2)Nc1ccc2c(c1)OCO2. The van der Waals surface area contributed by atoms with E-state index in [0.29, 0.717) is 36.9 Å². The van der Waals surface area contributed by atoms with Gasteiger partial charge in [0.1, 0.15) is 0 Å². The molecule has 0 saturated carbocycles. The van der Waals surface area contributed by atoms with Crippen molar-refractivity contribution in [1.82, 2.24) is 15.1 Å². The molecule has 0 unspecified atom stereocenters. The van der Waals surface area contributed by atoms with E-state index < -0.39 is 0 Å². The number of anilines is 1. The van der Waals surface area contributed by atoms with Gasteiger partial charge in [-0.25, -0.2) is 4.79 Å². The number of nitrogens with one attached hydrogen (secondary N) is 2. The van der Waals surface area contributed by atoms with Crippen molar-refractivity contribution in [2.45, 2.75) is 19.6 Å². The third-order valence-electron chi connectivity index (χ3n) is 4.02. The highest BCUT2D eigenvalue weighted by molar-refractivity contribution is 5.89. The molecule has 2 N–H and O–H groups in total. The summed E-state index contributed by atoms with van der Waals surface area (Å²) in [5, 5.41) is 9.96. The minimum Gasteiger partial charge on any atom is -0.454 e. The minimum absolute atomic E-state index is 0.213. The molecule has 4 rings (SSSR count). The molecule has 0 bridgehead atoms. The lowest BCUT2D eigenvalue weighted by Gasteiger charge is -2.15. The molecule has 2 amide bonds. The van der Waals surface area contributed by atoms with Gasteiger partial charge in [-0.05, 0) is 12.1 Å². The van der Waals surface area contributed by atoms with Crippen LogP contribution in [0.5, 0.6) is 11.5 Å². The Morgan fingerprint density at radius 3 is 3.17 bits per heavy atom. The van der Waals surface area contributed by atoms with Crippen LogP contribution in [0.1, 0.15) is 11.3 Å². The highest BCUT2D eigenvalue weighted by Gasteiger charge is 2.16. The molecule has 0 spiro atoms. The summed E-state index contributed by atoms with van der Waals surface area (Å²) in [5.41, 5.74) is 2.98. The van der Waals surface area contributed by atoms with E-state index in [4.69, 9.17) is 14.2 Å². The van der Waals surface area contributed by atoms with Gasteiger partial charge in [0.2, 0.25) is 6.79 Å². The van der Waals surface area contributed by atoms with Crippen molar-refractivity contribution in [3.63, 3.8) is 0 Å². The summed E-state index contributed by atoms with van der Waals surface area (Å²) in [4.78, 5) is 12.0. The first-order chi connectivity index (χ1) is 11.8. The lowest BCUT2D eigenvalue weighted by atomic mass is 10.2. The Labute approximate surface area is 138 Å². The van der Waals surface area contributed by atoms with E-state index in [-0.39, 0.29) is 12.8 Å².